The minimum Gasteiger partial charge on any atom is -0.405 e. The predicted octanol–water partition coefficient (Wildman–Crippen LogP) is 4.54. The summed E-state index contributed by atoms with van der Waals surface area (Å²) in [6.07, 6.45) is -4.72. The zero-order valence-corrected chi connectivity index (χ0v) is 10.0. The van der Waals surface area contributed by atoms with Crippen molar-refractivity contribution in [2.45, 2.75) is 11.3 Å². The summed E-state index contributed by atoms with van der Waals surface area (Å²) in [4.78, 5) is 0.433. The van der Waals surface area contributed by atoms with Gasteiger partial charge in [-0.25, -0.2) is 0 Å². The number of hydrogen-bond acceptors (Lipinski definition) is 2. The van der Waals surface area contributed by atoms with E-state index in [9.17, 15) is 13.2 Å². The Morgan fingerprint density at radius 2 is 1.56 bits per heavy atom. The topological polar surface area (TPSA) is 9.23 Å². The van der Waals surface area contributed by atoms with Crippen molar-refractivity contribution in [3.63, 3.8) is 0 Å². The summed E-state index contributed by atoms with van der Waals surface area (Å²) in [5.74, 6) is -0.249. The molecule has 0 heterocycles. The molecule has 0 bridgehead atoms. The van der Waals surface area contributed by atoms with Crippen molar-refractivity contribution < 1.29 is 17.9 Å². The summed E-state index contributed by atoms with van der Waals surface area (Å²) >= 11 is 4.18. The number of ether oxygens (including phenoxy) is 1. The number of hydrogen-bond donors (Lipinski definition) is 1. The van der Waals surface area contributed by atoms with Crippen LogP contribution in [0.25, 0.3) is 11.1 Å². The summed E-state index contributed by atoms with van der Waals surface area (Å²) in [6, 6.07) is 13.0. The summed E-state index contributed by atoms with van der Waals surface area (Å²) in [5.41, 5.74) is 0.959. The molecule has 0 aliphatic heterocycles. The lowest BCUT2D eigenvalue weighted by Gasteiger charge is -2.14. The molecule has 0 saturated carbocycles. The zero-order chi connectivity index (χ0) is 13.2. The van der Waals surface area contributed by atoms with Gasteiger partial charge in [0.2, 0.25) is 0 Å². The molecular formula is C13H9F3OS. The van der Waals surface area contributed by atoms with Crippen molar-refractivity contribution in [2.75, 3.05) is 0 Å². The van der Waals surface area contributed by atoms with Crippen LogP contribution in [0.5, 0.6) is 5.75 Å². The molecule has 2 aromatic carbocycles. The van der Waals surface area contributed by atoms with E-state index in [1.807, 2.05) is 0 Å². The molecule has 0 aliphatic rings. The Bertz CT molecular complexity index is 538. The number of halogens is 3. The molecule has 0 amide bonds. The van der Waals surface area contributed by atoms with Gasteiger partial charge in [-0.05, 0) is 17.7 Å². The van der Waals surface area contributed by atoms with Crippen molar-refractivity contribution in [3.8, 4) is 16.9 Å². The number of benzene rings is 2. The van der Waals surface area contributed by atoms with E-state index < -0.39 is 6.36 Å². The summed E-state index contributed by atoms with van der Waals surface area (Å²) in [7, 11) is 0. The van der Waals surface area contributed by atoms with Crippen LogP contribution in [0.2, 0.25) is 0 Å². The Morgan fingerprint density at radius 1 is 0.889 bits per heavy atom. The minimum atomic E-state index is -4.72. The van der Waals surface area contributed by atoms with E-state index in [2.05, 4.69) is 17.4 Å². The van der Waals surface area contributed by atoms with Crippen LogP contribution in [-0.2, 0) is 0 Å². The molecule has 0 aromatic heterocycles. The van der Waals surface area contributed by atoms with Crippen molar-refractivity contribution >= 4 is 12.6 Å². The molecule has 18 heavy (non-hydrogen) atoms. The summed E-state index contributed by atoms with van der Waals surface area (Å²) in [6.45, 7) is 0. The SMILES string of the molecule is FC(F)(F)Oc1cccc(S)c1-c1ccccc1. The molecule has 1 nitrogen and oxygen atoms in total. The van der Waals surface area contributed by atoms with Crippen molar-refractivity contribution in [3.05, 3.63) is 48.5 Å². The molecule has 0 fully saturated rings. The molecule has 0 spiro atoms. The van der Waals surface area contributed by atoms with Gasteiger partial charge in [-0.1, -0.05) is 36.4 Å². The summed E-state index contributed by atoms with van der Waals surface area (Å²) < 4.78 is 41.0. The maximum Gasteiger partial charge on any atom is 0.573 e. The van der Waals surface area contributed by atoms with Gasteiger partial charge in [-0.2, -0.15) is 0 Å². The van der Waals surface area contributed by atoms with Gasteiger partial charge in [-0.15, -0.1) is 25.8 Å². The van der Waals surface area contributed by atoms with E-state index in [4.69, 9.17) is 0 Å². The van der Waals surface area contributed by atoms with Crippen LogP contribution in [0.15, 0.2) is 53.4 Å². The fourth-order valence-corrected chi connectivity index (χ4v) is 1.95. The Hall–Kier alpha value is -1.62. The number of rotatable bonds is 2. The third-order valence-electron chi connectivity index (χ3n) is 2.29. The third-order valence-corrected chi connectivity index (χ3v) is 2.67. The average Bonchev–Trinajstić information content (AvgIpc) is 2.28. The van der Waals surface area contributed by atoms with Crippen LogP contribution >= 0.6 is 12.6 Å². The monoisotopic (exact) mass is 270 g/mol. The fourth-order valence-electron chi connectivity index (χ4n) is 1.62. The van der Waals surface area contributed by atoms with Crippen LogP contribution in [0.3, 0.4) is 0 Å². The van der Waals surface area contributed by atoms with E-state index in [0.717, 1.165) is 0 Å². The highest BCUT2D eigenvalue weighted by atomic mass is 32.1. The normalized spacial score (nSPS) is 11.3. The Kier molecular flexibility index (Phi) is 3.52. The molecule has 0 aliphatic carbocycles. The molecule has 2 aromatic rings. The van der Waals surface area contributed by atoms with Crippen molar-refractivity contribution in [1.82, 2.24) is 0 Å². The lowest BCUT2D eigenvalue weighted by molar-refractivity contribution is -0.274. The Labute approximate surface area is 108 Å². The standard InChI is InChI=1S/C13H9F3OS/c14-13(15,16)17-10-7-4-8-11(18)12(10)9-5-2-1-3-6-9/h1-8,18H. The van der Waals surface area contributed by atoms with Crippen molar-refractivity contribution in [1.29, 1.82) is 0 Å². The maximum absolute atomic E-state index is 12.3. The first-order valence-corrected chi connectivity index (χ1v) is 5.55. The fraction of sp³-hybridized carbons (Fsp3) is 0.0769. The third kappa shape index (κ3) is 2.98. The number of alkyl halides is 3. The van der Waals surface area contributed by atoms with Gasteiger partial charge < -0.3 is 4.74 Å². The highest BCUT2D eigenvalue weighted by molar-refractivity contribution is 7.80. The molecule has 0 radical (unpaired) electrons. The molecule has 0 atom stereocenters. The summed E-state index contributed by atoms with van der Waals surface area (Å²) in [5, 5.41) is 0. The van der Waals surface area contributed by atoms with Gasteiger partial charge in [0.1, 0.15) is 5.75 Å². The van der Waals surface area contributed by atoms with E-state index >= 15 is 0 Å². The van der Waals surface area contributed by atoms with Crippen LogP contribution in [0.4, 0.5) is 13.2 Å². The van der Waals surface area contributed by atoms with Crippen LogP contribution < -0.4 is 4.74 Å². The van der Waals surface area contributed by atoms with Gasteiger partial charge in [0.15, 0.2) is 0 Å². The van der Waals surface area contributed by atoms with Gasteiger partial charge >= 0.3 is 6.36 Å². The second-order valence-corrected chi connectivity index (χ2v) is 4.05. The second kappa shape index (κ2) is 4.94. The minimum absolute atomic E-state index is 0.249. The number of thiol groups is 1. The molecule has 94 valence electrons. The van der Waals surface area contributed by atoms with E-state index in [0.29, 0.717) is 16.0 Å². The lowest BCUT2D eigenvalue weighted by Crippen LogP contribution is -2.17. The smallest absolute Gasteiger partial charge is 0.405 e. The molecule has 0 saturated heterocycles. The first-order chi connectivity index (χ1) is 8.47. The van der Waals surface area contributed by atoms with Crippen LogP contribution in [-0.4, -0.2) is 6.36 Å². The lowest BCUT2D eigenvalue weighted by atomic mass is 10.0. The van der Waals surface area contributed by atoms with E-state index in [1.54, 1.807) is 36.4 Å². The molecule has 0 N–H and O–H groups in total. The van der Waals surface area contributed by atoms with Gasteiger partial charge in [0, 0.05) is 10.5 Å². The van der Waals surface area contributed by atoms with E-state index in [-0.39, 0.29) is 5.75 Å². The Balaban J connectivity index is 2.52. The molecule has 0 unspecified atom stereocenters. The van der Waals surface area contributed by atoms with Crippen LogP contribution in [0, 0.1) is 0 Å². The second-order valence-electron chi connectivity index (χ2n) is 3.56. The quantitative estimate of drug-likeness (QED) is 0.788. The Morgan fingerprint density at radius 3 is 2.17 bits per heavy atom. The van der Waals surface area contributed by atoms with Gasteiger partial charge in [0.25, 0.3) is 0 Å². The zero-order valence-electron chi connectivity index (χ0n) is 9.11. The van der Waals surface area contributed by atoms with Crippen molar-refractivity contribution in [2.24, 2.45) is 0 Å². The van der Waals surface area contributed by atoms with Gasteiger partial charge in [-0.3, -0.25) is 0 Å². The molecule has 5 heteroatoms. The average molecular weight is 270 g/mol. The molecular weight excluding hydrogens is 261 g/mol. The van der Waals surface area contributed by atoms with Crippen LogP contribution in [0.1, 0.15) is 0 Å². The van der Waals surface area contributed by atoms with Gasteiger partial charge in [0.05, 0.1) is 0 Å². The largest absolute Gasteiger partial charge is 0.573 e. The first-order valence-electron chi connectivity index (χ1n) is 5.10. The highest BCUT2D eigenvalue weighted by Crippen LogP contribution is 2.37. The first kappa shape index (κ1) is 12.8. The highest BCUT2D eigenvalue weighted by Gasteiger charge is 2.32. The maximum atomic E-state index is 12.3. The predicted molar refractivity (Wildman–Crippen MR) is 65.8 cm³/mol. The molecule has 2 rings (SSSR count). The van der Waals surface area contributed by atoms with E-state index in [1.165, 1.54) is 12.1 Å².